The van der Waals surface area contributed by atoms with E-state index >= 15 is 0 Å². The maximum Gasteiger partial charge on any atom is 0.102 e. The molecule has 1 aliphatic heterocycles. The van der Waals surface area contributed by atoms with Gasteiger partial charge in [-0.05, 0) is 37.9 Å². The third-order valence-electron chi connectivity index (χ3n) is 3.04. The van der Waals surface area contributed by atoms with E-state index in [9.17, 15) is 0 Å². The summed E-state index contributed by atoms with van der Waals surface area (Å²) in [4.78, 5) is 0. The third-order valence-corrected chi connectivity index (χ3v) is 3.04. The molecule has 2 N–H and O–H groups in total. The first-order valence-electron chi connectivity index (χ1n) is 5.78. The van der Waals surface area contributed by atoms with Crippen LogP contribution in [0.4, 0.5) is 5.69 Å². The molecule has 1 aliphatic rings. The zero-order valence-corrected chi connectivity index (χ0v) is 9.59. The van der Waals surface area contributed by atoms with Crippen LogP contribution in [-0.4, -0.2) is 19.1 Å². The molecule has 3 nitrogen and oxygen atoms in total. The Morgan fingerprint density at radius 3 is 3.06 bits per heavy atom. The van der Waals surface area contributed by atoms with Crippen molar-refractivity contribution >= 4 is 5.69 Å². The van der Waals surface area contributed by atoms with Crippen LogP contribution in [0.25, 0.3) is 0 Å². The molecule has 1 aromatic carbocycles. The highest BCUT2D eigenvalue weighted by molar-refractivity contribution is 5.61. The summed E-state index contributed by atoms with van der Waals surface area (Å²) in [6, 6.07) is 8.67. The molecule has 0 spiro atoms. The molecule has 1 heterocycles. The van der Waals surface area contributed by atoms with E-state index in [4.69, 9.17) is 5.26 Å². The van der Waals surface area contributed by atoms with E-state index in [1.807, 2.05) is 25.1 Å². The van der Waals surface area contributed by atoms with Gasteiger partial charge in [0.15, 0.2) is 0 Å². The van der Waals surface area contributed by atoms with Crippen molar-refractivity contribution in [3.63, 3.8) is 0 Å². The van der Waals surface area contributed by atoms with Gasteiger partial charge in [-0.25, -0.2) is 0 Å². The van der Waals surface area contributed by atoms with Crippen molar-refractivity contribution in [3.05, 3.63) is 29.3 Å². The molecule has 0 saturated carbocycles. The monoisotopic (exact) mass is 215 g/mol. The average molecular weight is 215 g/mol. The van der Waals surface area contributed by atoms with Gasteiger partial charge in [0.05, 0.1) is 11.3 Å². The molecule has 84 valence electrons. The Hall–Kier alpha value is -1.53. The summed E-state index contributed by atoms with van der Waals surface area (Å²) in [5, 5.41) is 15.9. The van der Waals surface area contributed by atoms with Gasteiger partial charge in [-0.1, -0.05) is 12.1 Å². The van der Waals surface area contributed by atoms with Crippen molar-refractivity contribution in [3.8, 4) is 6.07 Å². The number of piperidine rings is 1. The maximum absolute atomic E-state index is 9.12. The predicted molar refractivity (Wildman–Crippen MR) is 65.4 cm³/mol. The summed E-state index contributed by atoms with van der Waals surface area (Å²) in [6.07, 6.45) is 2.37. The number of nitrogens with zero attached hydrogens (tertiary/aromatic N) is 1. The van der Waals surface area contributed by atoms with Gasteiger partial charge >= 0.3 is 0 Å². The molecule has 3 heteroatoms. The SMILES string of the molecule is Cc1cccc(NC2CCCNC2)c1C#N. The summed E-state index contributed by atoms with van der Waals surface area (Å²) in [5.41, 5.74) is 2.78. The van der Waals surface area contributed by atoms with Gasteiger partial charge in [-0.2, -0.15) is 5.26 Å². The number of nitrogens with one attached hydrogen (secondary N) is 2. The molecule has 0 bridgehead atoms. The number of nitriles is 1. The molecule has 1 fully saturated rings. The largest absolute Gasteiger partial charge is 0.380 e. The van der Waals surface area contributed by atoms with Crippen molar-refractivity contribution < 1.29 is 0 Å². The van der Waals surface area contributed by atoms with Crippen LogP contribution >= 0.6 is 0 Å². The third kappa shape index (κ3) is 2.34. The van der Waals surface area contributed by atoms with Crippen LogP contribution in [0, 0.1) is 18.3 Å². The standard InChI is InChI=1S/C13H17N3/c1-10-4-2-6-13(12(10)8-14)16-11-5-3-7-15-9-11/h2,4,6,11,15-16H,3,5,7,9H2,1H3. The number of hydrogen-bond donors (Lipinski definition) is 2. The highest BCUT2D eigenvalue weighted by Gasteiger charge is 2.14. The quantitative estimate of drug-likeness (QED) is 0.793. The summed E-state index contributed by atoms with van der Waals surface area (Å²) in [7, 11) is 0. The number of aryl methyl sites for hydroxylation is 1. The fourth-order valence-electron chi connectivity index (χ4n) is 2.13. The first-order valence-corrected chi connectivity index (χ1v) is 5.78. The lowest BCUT2D eigenvalue weighted by Crippen LogP contribution is -2.38. The molecule has 16 heavy (non-hydrogen) atoms. The Labute approximate surface area is 96.5 Å². The van der Waals surface area contributed by atoms with E-state index in [0.29, 0.717) is 6.04 Å². The fourth-order valence-corrected chi connectivity index (χ4v) is 2.13. The van der Waals surface area contributed by atoms with E-state index in [-0.39, 0.29) is 0 Å². The maximum atomic E-state index is 9.12. The highest BCUT2D eigenvalue weighted by atomic mass is 15.0. The van der Waals surface area contributed by atoms with Crippen molar-refractivity contribution in [2.75, 3.05) is 18.4 Å². The highest BCUT2D eigenvalue weighted by Crippen LogP contribution is 2.20. The Kier molecular flexibility index (Phi) is 3.43. The molecule has 0 aliphatic carbocycles. The first-order chi connectivity index (χ1) is 7.81. The van der Waals surface area contributed by atoms with Crippen molar-refractivity contribution in [1.29, 1.82) is 5.26 Å². The van der Waals surface area contributed by atoms with Crippen LogP contribution in [-0.2, 0) is 0 Å². The van der Waals surface area contributed by atoms with Gasteiger partial charge in [0.25, 0.3) is 0 Å². The van der Waals surface area contributed by atoms with Gasteiger partial charge in [-0.3, -0.25) is 0 Å². The fraction of sp³-hybridized carbons (Fsp3) is 0.462. The molecule has 1 aromatic rings. The van der Waals surface area contributed by atoms with Crippen molar-refractivity contribution in [2.45, 2.75) is 25.8 Å². The summed E-state index contributed by atoms with van der Waals surface area (Å²) < 4.78 is 0. The zero-order valence-electron chi connectivity index (χ0n) is 9.59. The molecule has 0 amide bonds. The number of anilines is 1. The van der Waals surface area contributed by atoms with Gasteiger partial charge < -0.3 is 10.6 Å². The van der Waals surface area contributed by atoms with Crippen molar-refractivity contribution in [1.82, 2.24) is 5.32 Å². The smallest absolute Gasteiger partial charge is 0.102 e. The lowest BCUT2D eigenvalue weighted by atomic mass is 10.0. The van der Waals surface area contributed by atoms with Gasteiger partial charge in [0.1, 0.15) is 6.07 Å². The molecular formula is C13H17N3. The van der Waals surface area contributed by atoms with Gasteiger partial charge in [-0.15, -0.1) is 0 Å². The minimum absolute atomic E-state index is 0.447. The van der Waals surface area contributed by atoms with E-state index in [1.54, 1.807) is 0 Å². The van der Waals surface area contributed by atoms with Crippen LogP contribution in [0.3, 0.4) is 0 Å². The molecule has 1 saturated heterocycles. The Balaban J connectivity index is 2.14. The predicted octanol–water partition coefficient (Wildman–Crippen LogP) is 2.03. The van der Waals surface area contributed by atoms with Crippen LogP contribution in [0.2, 0.25) is 0 Å². The summed E-state index contributed by atoms with van der Waals surface area (Å²) in [5.74, 6) is 0. The molecule has 0 radical (unpaired) electrons. The molecule has 0 aromatic heterocycles. The average Bonchev–Trinajstić information content (AvgIpc) is 2.31. The van der Waals surface area contributed by atoms with Crippen LogP contribution in [0.1, 0.15) is 24.0 Å². The second-order valence-electron chi connectivity index (χ2n) is 4.30. The van der Waals surface area contributed by atoms with E-state index in [0.717, 1.165) is 29.9 Å². The Morgan fingerprint density at radius 1 is 1.50 bits per heavy atom. The summed E-state index contributed by atoms with van der Waals surface area (Å²) >= 11 is 0. The minimum atomic E-state index is 0.447. The first kappa shape index (κ1) is 11.0. The summed E-state index contributed by atoms with van der Waals surface area (Å²) in [6.45, 7) is 4.07. The Bertz CT molecular complexity index is 400. The lowest BCUT2D eigenvalue weighted by molar-refractivity contribution is 0.480. The van der Waals surface area contributed by atoms with Crippen LogP contribution in [0.5, 0.6) is 0 Å². The zero-order chi connectivity index (χ0) is 11.4. The number of hydrogen-bond acceptors (Lipinski definition) is 3. The minimum Gasteiger partial charge on any atom is -0.380 e. The lowest BCUT2D eigenvalue weighted by Gasteiger charge is -2.25. The van der Waals surface area contributed by atoms with Crippen LogP contribution in [0.15, 0.2) is 18.2 Å². The van der Waals surface area contributed by atoms with E-state index in [1.165, 1.54) is 12.8 Å². The topological polar surface area (TPSA) is 47.8 Å². The second kappa shape index (κ2) is 5.00. The van der Waals surface area contributed by atoms with Gasteiger partial charge in [0, 0.05) is 12.6 Å². The van der Waals surface area contributed by atoms with Crippen molar-refractivity contribution in [2.24, 2.45) is 0 Å². The van der Waals surface area contributed by atoms with Gasteiger partial charge in [0.2, 0.25) is 0 Å². The molecule has 1 unspecified atom stereocenters. The molecule has 2 rings (SSSR count). The molecular weight excluding hydrogens is 198 g/mol. The van der Waals surface area contributed by atoms with E-state index in [2.05, 4.69) is 16.7 Å². The Morgan fingerprint density at radius 2 is 2.38 bits per heavy atom. The van der Waals surface area contributed by atoms with E-state index < -0.39 is 0 Å². The second-order valence-corrected chi connectivity index (χ2v) is 4.30. The van der Waals surface area contributed by atoms with Crippen LogP contribution < -0.4 is 10.6 Å². The molecule has 1 atom stereocenters. The normalized spacial score (nSPS) is 20.1. The number of benzene rings is 1. The number of rotatable bonds is 2.